The number of hydrogen-bond donors (Lipinski definition) is 1. The van der Waals surface area contributed by atoms with Gasteiger partial charge in [-0.25, -0.2) is 0 Å². The minimum Gasteiger partial charge on any atom is -0.495 e. The van der Waals surface area contributed by atoms with Gasteiger partial charge in [0, 0.05) is 32.6 Å². The van der Waals surface area contributed by atoms with E-state index in [0.29, 0.717) is 30.8 Å². The van der Waals surface area contributed by atoms with Gasteiger partial charge in [0.1, 0.15) is 11.8 Å². The average molecular weight is 287 g/mol. The molecule has 1 aliphatic rings. The molecule has 1 heterocycles. The van der Waals surface area contributed by atoms with Gasteiger partial charge in [-0.05, 0) is 30.5 Å². The molecule has 0 aromatic heterocycles. The molecule has 1 amide bonds. The van der Waals surface area contributed by atoms with Gasteiger partial charge in [-0.3, -0.25) is 4.79 Å². The monoisotopic (exact) mass is 287 g/mol. The van der Waals surface area contributed by atoms with Gasteiger partial charge in [0.2, 0.25) is 5.91 Å². The van der Waals surface area contributed by atoms with E-state index in [4.69, 9.17) is 10.00 Å². The topological polar surface area (TPSA) is 65.4 Å². The SMILES string of the molecule is COc1cc(CNCCC(=O)N2CCCC2)ccc1C#N. The fourth-order valence-corrected chi connectivity index (χ4v) is 2.49. The van der Waals surface area contributed by atoms with E-state index in [1.54, 1.807) is 13.2 Å². The predicted molar refractivity (Wildman–Crippen MR) is 79.8 cm³/mol. The molecule has 112 valence electrons. The Morgan fingerprint density at radius 1 is 1.43 bits per heavy atom. The van der Waals surface area contributed by atoms with Crippen LogP contribution in [0.25, 0.3) is 0 Å². The first-order chi connectivity index (χ1) is 10.2. The van der Waals surface area contributed by atoms with Crippen LogP contribution in [0.15, 0.2) is 18.2 Å². The summed E-state index contributed by atoms with van der Waals surface area (Å²) >= 11 is 0. The van der Waals surface area contributed by atoms with Gasteiger partial charge in [-0.1, -0.05) is 6.07 Å². The number of carbonyl (C=O) groups is 1. The van der Waals surface area contributed by atoms with Crippen LogP contribution in [0.2, 0.25) is 0 Å². The highest BCUT2D eigenvalue weighted by atomic mass is 16.5. The molecule has 1 aliphatic heterocycles. The van der Waals surface area contributed by atoms with Gasteiger partial charge in [-0.2, -0.15) is 5.26 Å². The molecule has 0 spiro atoms. The molecule has 5 nitrogen and oxygen atoms in total. The third-order valence-electron chi connectivity index (χ3n) is 3.69. The molecule has 1 N–H and O–H groups in total. The largest absolute Gasteiger partial charge is 0.495 e. The van der Waals surface area contributed by atoms with Crippen LogP contribution in [-0.4, -0.2) is 37.6 Å². The van der Waals surface area contributed by atoms with E-state index in [0.717, 1.165) is 31.5 Å². The molecule has 2 rings (SSSR count). The summed E-state index contributed by atoms with van der Waals surface area (Å²) in [5.41, 5.74) is 1.57. The molecule has 1 saturated heterocycles. The molecule has 0 radical (unpaired) electrons. The van der Waals surface area contributed by atoms with Crippen molar-refractivity contribution in [2.75, 3.05) is 26.7 Å². The number of amides is 1. The zero-order valence-electron chi connectivity index (χ0n) is 12.4. The minimum absolute atomic E-state index is 0.234. The second kappa shape index (κ2) is 7.65. The minimum atomic E-state index is 0.234. The zero-order chi connectivity index (χ0) is 15.1. The highest BCUT2D eigenvalue weighted by Crippen LogP contribution is 2.19. The first-order valence-electron chi connectivity index (χ1n) is 7.30. The number of ether oxygens (including phenoxy) is 1. The Bertz CT molecular complexity index is 531. The van der Waals surface area contributed by atoms with Gasteiger partial charge < -0.3 is 15.0 Å². The van der Waals surface area contributed by atoms with Crippen molar-refractivity contribution in [3.8, 4) is 11.8 Å². The third kappa shape index (κ3) is 4.20. The Morgan fingerprint density at radius 3 is 2.86 bits per heavy atom. The van der Waals surface area contributed by atoms with Crippen LogP contribution in [0.4, 0.5) is 0 Å². The maximum absolute atomic E-state index is 11.9. The number of nitrogens with zero attached hydrogens (tertiary/aromatic N) is 2. The van der Waals surface area contributed by atoms with Gasteiger partial charge >= 0.3 is 0 Å². The van der Waals surface area contributed by atoms with Crippen molar-refractivity contribution in [1.82, 2.24) is 10.2 Å². The lowest BCUT2D eigenvalue weighted by molar-refractivity contribution is -0.130. The van der Waals surface area contributed by atoms with Crippen LogP contribution in [0.3, 0.4) is 0 Å². The number of nitriles is 1. The van der Waals surface area contributed by atoms with Crippen molar-refractivity contribution in [2.45, 2.75) is 25.8 Å². The van der Waals surface area contributed by atoms with Gasteiger partial charge in [0.25, 0.3) is 0 Å². The van der Waals surface area contributed by atoms with Crippen LogP contribution in [0.5, 0.6) is 5.75 Å². The van der Waals surface area contributed by atoms with Crippen LogP contribution < -0.4 is 10.1 Å². The Kier molecular flexibility index (Phi) is 5.59. The predicted octanol–water partition coefficient (Wildman–Crippen LogP) is 1.67. The molecule has 1 fully saturated rings. The van der Waals surface area contributed by atoms with Crippen molar-refractivity contribution in [1.29, 1.82) is 5.26 Å². The Hall–Kier alpha value is -2.06. The van der Waals surface area contributed by atoms with Crippen molar-refractivity contribution in [3.05, 3.63) is 29.3 Å². The lowest BCUT2D eigenvalue weighted by Gasteiger charge is -2.15. The van der Waals surface area contributed by atoms with Crippen LogP contribution in [-0.2, 0) is 11.3 Å². The molecule has 0 atom stereocenters. The maximum atomic E-state index is 11.9. The van der Waals surface area contributed by atoms with Crippen molar-refractivity contribution >= 4 is 5.91 Å². The summed E-state index contributed by atoms with van der Waals surface area (Å²) in [7, 11) is 1.56. The lowest BCUT2D eigenvalue weighted by Crippen LogP contribution is -2.30. The van der Waals surface area contributed by atoms with Crippen molar-refractivity contribution < 1.29 is 9.53 Å². The number of carbonyl (C=O) groups excluding carboxylic acids is 1. The molecule has 0 aliphatic carbocycles. The second-order valence-electron chi connectivity index (χ2n) is 5.16. The van der Waals surface area contributed by atoms with E-state index in [1.807, 2.05) is 17.0 Å². The quantitative estimate of drug-likeness (QED) is 0.808. The summed E-state index contributed by atoms with van der Waals surface area (Å²) in [5.74, 6) is 0.822. The highest BCUT2D eigenvalue weighted by Gasteiger charge is 2.16. The van der Waals surface area contributed by atoms with E-state index >= 15 is 0 Å². The smallest absolute Gasteiger partial charge is 0.223 e. The zero-order valence-corrected chi connectivity index (χ0v) is 12.4. The Morgan fingerprint density at radius 2 is 2.19 bits per heavy atom. The van der Waals surface area contributed by atoms with E-state index in [-0.39, 0.29) is 5.91 Å². The van der Waals surface area contributed by atoms with Gasteiger partial charge in [-0.15, -0.1) is 0 Å². The summed E-state index contributed by atoms with van der Waals surface area (Å²) < 4.78 is 5.18. The van der Waals surface area contributed by atoms with E-state index in [2.05, 4.69) is 11.4 Å². The molecule has 5 heteroatoms. The fourth-order valence-electron chi connectivity index (χ4n) is 2.49. The first kappa shape index (κ1) is 15.3. The molecule has 1 aromatic carbocycles. The van der Waals surface area contributed by atoms with E-state index < -0.39 is 0 Å². The number of methoxy groups -OCH3 is 1. The van der Waals surface area contributed by atoms with E-state index in [9.17, 15) is 4.79 Å². The molecule has 21 heavy (non-hydrogen) atoms. The third-order valence-corrected chi connectivity index (χ3v) is 3.69. The normalized spacial score (nSPS) is 14.0. The highest BCUT2D eigenvalue weighted by molar-refractivity contribution is 5.76. The molecule has 1 aromatic rings. The number of likely N-dealkylation sites (tertiary alicyclic amines) is 1. The number of hydrogen-bond acceptors (Lipinski definition) is 4. The molecule has 0 unspecified atom stereocenters. The summed E-state index contributed by atoms with van der Waals surface area (Å²) in [6.07, 6.45) is 2.79. The van der Waals surface area contributed by atoms with Gasteiger partial charge in [0.05, 0.1) is 12.7 Å². The Balaban J connectivity index is 1.76. The summed E-state index contributed by atoms with van der Waals surface area (Å²) in [5, 5.41) is 12.2. The number of benzene rings is 1. The fraction of sp³-hybridized carbons (Fsp3) is 0.500. The van der Waals surface area contributed by atoms with E-state index in [1.165, 1.54) is 0 Å². The molecular weight excluding hydrogens is 266 g/mol. The van der Waals surface area contributed by atoms with Crippen LogP contribution >= 0.6 is 0 Å². The Labute approximate surface area is 125 Å². The standard InChI is InChI=1S/C16H21N3O2/c1-21-15-10-13(4-5-14(15)11-17)12-18-7-6-16(20)19-8-2-3-9-19/h4-5,10,18H,2-3,6-9,12H2,1H3. The number of rotatable bonds is 6. The summed E-state index contributed by atoms with van der Waals surface area (Å²) in [6, 6.07) is 7.60. The van der Waals surface area contributed by atoms with Gasteiger partial charge in [0.15, 0.2) is 0 Å². The second-order valence-corrected chi connectivity index (χ2v) is 5.16. The molecular formula is C16H21N3O2. The molecule has 0 bridgehead atoms. The summed E-state index contributed by atoms with van der Waals surface area (Å²) in [6.45, 7) is 3.14. The molecule has 0 saturated carbocycles. The average Bonchev–Trinajstić information content (AvgIpc) is 3.05. The lowest BCUT2D eigenvalue weighted by atomic mass is 10.1. The number of nitrogens with one attached hydrogen (secondary N) is 1. The van der Waals surface area contributed by atoms with Crippen LogP contribution in [0.1, 0.15) is 30.4 Å². The van der Waals surface area contributed by atoms with Crippen LogP contribution in [0, 0.1) is 11.3 Å². The maximum Gasteiger partial charge on any atom is 0.223 e. The van der Waals surface area contributed by atoms with Crippen molar-refractivity contribution in [3.63, 3.8) is 0 Å². The van der Waals surface area contributed by atoms with Crippen molar-refractivity contribution in [2.24, 2.45) is 0 Å². The summed E-state index contributed by atoms with van der Waals surface area (Å²) in [4.78, 5) is 13.8. The first-order valence-corrected chi connectivity index (χ1v) is 7.30.